The first-order chi connectivity index (χ1) is 8.00. The maximum absolute atomic E-state index is 8.88. The van der Waals surface area contributed by atoms with Crippen LogP contribution in [-0.2, 0) is 0 Å². The van der Waals surface area contributed by atoms with E-state index in [2.05, 4.69) is 0 Å². The van der Waals surface area contributed by atoms with Gasteiger partial charge in [0.15, 0.2) is 0 Å². The lowest BCUT2D eigenvalue weighted by atomic mass is 10.3. The number of halogens is 4. The monoisotopic (exact) mass is 308 g/mol. The summed E-state index contributed by atoms with van der Waals surface area (Å²) in [4.78, 5) is 0. The SMILES string of the molecule is Clc1ccccc1Cl.Oc1cc(Cl)ccc1Cl. The average molecular weight is 310 g/mol. The number of phenols is 1. The maximum atomic E-state index is 8.88. The van der Waals surface area contributed by atoms with Crippen LogP contribution in [0.1, 0.15) is 0 Å². The predicted molar refractivity (Wildman–Crippen MR) is 74.6 cm³/mol. The van der Waals surface area contributed by atoms with Gasteiger partial charge in [0.25, 0.3) is 0 Å². The summed E-state index contributed by atoms with van der Waals surface area (Å²) in [6.07, 6.45) is 0. The molecule has 0 amide bonds. The molecule has 0 radical (unpaired) electrons. The van der Waals surface area contributed by atoms with Crippen molar-refractivity contribution in [3.05, 3.63) is 62.6 Å². The highest BCUT2D eigenvalue weighted by molar-refractivity contribution is 6.41. The lowest BCUT2D eigenvalue weighted by Crippen LogP contribution is -1.66. The van der Waals surface area contributed by atoms with Gasteiger partial charge in [-0.25, -0.2) is 0 Å². The van der Waals surface area contributed by atoms with Gasteiger partial charge in [0, 0.05) is 11.1 Å². The van der Waals surface area contributed by atoms with Crippen LogP contribution in [-0.4, -0.2) is 5.11 Å². The largest absolute Gasteiger partial charge is 0.506 e. The van der Waals surface area contributed by atoms with Crippen LogP contribution in [0.2, 0.25) is 20.1 Å². The summed E-state index contributed by atoms with van der Waals surface area (Å²) in [6.45, 7) is 0. The molecule has 0 aliphatic heterocycles. The molecule has 0 aliphatic carbocycles. The first-order valence-electron chi connectivity index (χ1n) is 4.54. The standard InChI is InChI=1S/C6H4Cl2O.C6H4Cl2/c7-4-1-2-5(8)6(9)3-4;7-5-3-1-2-4-6(5)8/h1-3,9H;1-4H. The van der Waals surface area contributed by atoms with E-state index in [9.17, 15) is 0 Å². The molecule has 2 aromatic rings. The predicted octanol–water partition coefficient (Wildman–Crippen LogP) is 5.69. The third kappa shape index (κ3) is 5.05. The van der Waals surface area contributed by atoms with Crippen molar-refractivity contribution >= 4 is 46.4 Å². The van der Waals surface area contributed by atoms with E-state index in [0.717, 1.165) is 0 Å². The summed E-state index contributed by atoms with van der Waals surface area (Å²) in [6, 6.07) is 11.7. The zero-order chi connectivity index (χ0) is 12.8. The molecular weight excluding hydrogens is 302 g/mol. The Morgan fingerprint density at radius 2 is 1.24 bits per heavy atom. The number of rotatable bonds is 0. The summed E-state index contributed by atoms with van der Waals surface area (Å²) in [5.41, 5.74) is 0. The molecule has 1 N–H and O–H groups in total. The zero-order valence-corrected chi connectivity index (χ0v) is 11.5. The molecule has 0 aliphatic rings. The Bertz CT molecular complexity index is 479. The molecule has 5 heteroatoms. The van der Waals surface area contributed by atoms with Crippen LogP contribution in [0.4, 0.5) is 0 Å². The number of phenolic OH excluding ortho intramolecular Hbond substituents is 1. The van der Waals surface area contributed by atoms with Crippen molar-refractivity contribution in [2.24, 2.45) is 0 Å². The Morgan fingerprint density at radius 1 is 0.706 bits per heavy atom. The normalized spacial score (nSPS) is 9.41. The third-order valence-electron chi connectivity index (χ3n) is 1.73. The number of hydrogen-bond donors (Lipinski definition) is 1. The Hall–Kier alpha value is -0.600. The first-order valence-corrected chi connectivity index (χ1v) is 6.06. The Labute approximate surface area is 120 Å². The van der Waals surface area contributed by atoms with Crippen LogP contribution >= 0.6 is 46.4 Å². The molecule has 17 heavy (non-hydrogen) atoms. The molecule has 90 valence electrons. The third-order valence-corrected chi connectivity index (χ3v) is 3.04. The van der Waals surface area contributed by atoms with E-state index < -0.39 is 0 Å². The van der Waals surface area contributed by atoms with E-state index in [1.54, 1.807) is 24.3 Å². The zero-order valence-electron chi connectivity index (χ0n) is 8.50. The Kier molecular flexibility index (Phi) is 5.93. The summed E-state index contributed by atoms with van der Waals surface area (Å²) in [5.74, 6) is 0.0177. The molecule has 2 aromatic carbocycles. The Balaban J connectivity index is 0.000000171. The van der Waals surface area contributed by atoms with Gasteiger partial charge in [-0.05, 0) is 24.3 Å². The summed E-state index contributed by atoms with van der Waals surface area (Å²) < 4.78 is 0. The fraction of sp³-hybridized carbons (Fsp3) is 0. The van der Waals surface area contributed by atoms with E-state index in [1.807, 2.05) is 12.1 Å². The van der Waals surface area contributed by atoms with Crippen molar-refractivity contribution in [2.75, 3.05) is 0 Å². The molecule has 0 atom stereocenters. The van der Waals surface area contributed by atoms with E-state index in [4.69, 9.17) is 51.5 Å². The van der Waals surface area contributed by atoms with Gasteiger partial charge in [-0.3, -0.25) is 0 Å². The minimum absolute atomic E-state index is 0.0177. The summed E-state index contributed by atoms with van der Waals surface area (Å²) >= 11 is 22.1. The number of hydrogen-bond acceptors (Lipinski definition) is 1. The fourth-order valence-electron chi connectivity index (χ4n) is 0.925. The molecule has 0 saturated heterocycles. The summed E-state index contributed by atoms with van der Waals surface area (Å²) in [5, 5.41) is 10.9. The van der Waals surface area contributed by atoms with Crippen LogP contribution in [0.3, 0.4) is 0 Å². The smallest absolute Gasteiger partial charge is 0.135 e. The van der Waals surface area contributed by atoms with Gasteiger partial charge in [-0.15, -0.1) is 0 Å². The van der Waals surface area contributed by atoms with E-state index >= 15 is 0 Å². The minimum Gasteiger partial charge on any atom is -0.506 e. The molecule has 0 bridgehead atoms. The fourth-order valence-corrected chi connectivity index (χ4v) is 1.48. The second kappa shape index (κ2) is 6.97. The second-order valence-corrected chi connectivity index (χ2v) is 4.67. The van der Waals surface area contributed by atoms with Crippen LogP contribution < -0.4 is 0 Å². The van der Waals surface area contributed by atoms with Crippen LogP contribution in [0.15, 0.2) is 42.5 Å². The summed E-state index contributed by atoms with van der Waals surface area (Å²) in [7, 11) is 0. The van der Waals surface area contributed by atoms with Gasteiger partial charge in [0.05, 0.1) is 15.1 Å². The van der Waals surface area contributed by atoms with Crippen LogP contribution in [0.25, 0.3) is 0 Å². The first kappa shape index (κ1) is 14.5. The minimum atomic E-state index is 0.0177. The van der Waals surface area contributed by atoms with E-state index in [1.165, 1.54) is 6.07 Å². The molecule has 0 unspecified atom stereocenters. The van der Waals surface area contributed by atoms with Gasteiger partial charge in [-0.2, -0.15) is 0 Å². The van der Waals surface area contributed by atoms with E-state index in [-0.39, 0.29) is 5.75 Å². The molecule has 0 saturated carbocycles. The highest BCUT2D eigenvalue weighted by atomic mass is 35.5. The van der Waals surface area contributed by atoms with E-state index in [0.29, 0.717) is 20.1 Å². The Morgan fingerprint density at radius 3 is 1.59 bits per heavy atom. The van der Waals surface area contributed by atoms with Crippen LogP contribution in [0.5, 0.6) is 5.75 Å². The van der Waals surface area contributed by atoms with Gasteiger partial charge in [0.1, 0.15) is 5.75 Å². The maximum Gasteiger partial charge on any atom is 0.135 e. The lowest BCUT2D eigenvalue weighted by molar-refractivity contribution is 0.475. The molecule has 0 heterocycles. The highest BCUT2D eigenvalue weighted by Crippen LogP contribution is 2.25. The number of aromatic hydroxyl groups is 1. The van der Waals surface area contributed by atoms with Crippen LogP contribution in [0, 0.1) is 0 Å². The second-order valence-electron chi connectivity index (χ2n) is 3.01. The van der Waals surface area contributed by atoms with Crippen molar-refractivity contribution in [1.82, 2.24) is 0 Å². The van der Waals surface area contributed by atoms with Crippen molar-refractivity contribution in [1.29, 1.82) is 0 Å². The lowest BCUT2D eigenvalue weighted by Gasteiger charge is -1.93. The quantitative estimate of drug-likeness (QED) is 0.662. The topological polar surface area (TPSA) is 20.2 Å². The molecular formula is C12H8Cl4O. The molecule has 2 rings (SSSR count). The number of benzene rings is 2. The molecule has 0 spiro atoms. The van der Waals surface area contributed by atoms with Gasteiger partial charge in [-0.1, -0.05) is 58.5 Å². The molecule has 0 fully saturated rings. The van der Waals surface area contributed by atoms with Gasteiger partial charge >= 0.3 is 0 Å². The highest BCUT2D eigenvalue weighted by Gasteiger charge is 1.95. The molecule has 1 nitrogen and oxygen atoms in total. The average Bonchev–Trinajstić information content (AvgIpc) is 2.29. The van der Waals surface area contributed by atoms with Gasteiger partial charge in [0.2, 0.25) is 0 Å². The van der Waals surface area contributed by atoms with Crippen molar-refractivity contribution < 1.29 is 5.11 Å². The molecule has 0 aromatic heterocycles. The van der Waals surface area contributed by atoms with Gasteiger partial charge < -0.3 is 5.11 Å². The van der Waals surface area contributed by atoms with Crippen molar-refractivity contribution in [2.45, 2.75) is 0 Å². The van der Waals surface area contributed by atoms with Crippen molar-refractivity contribution in [3.8, 4) is 5.75 Å². The van der Waals surface area contributed by atoms with Crippen molar-refractivity contribution in [3.63, 3.8) is 0 Å².